The van der Waals surface area contributed by atoms with Gasteiger partial charge in [0.2, 0.25) is 0 Å². The van der Waals surface area contributed by atoms with Crippen molar-refractivity contribution >= 4 is 5.97 Å². The van der Waals surface area contributed by atoms with Crippen LogP contribution in [0.15, 0.2) is 0 Å². The maximum Gasteiger partial charge on any atom is 0.303 e. The van der Waals surface area contributed by atoms with Crippen LogP contribution in [0.4, 0.5) is 0 Å². The van der Waals surface area contributed by atoms with Crippen LogP contribution in [0.25, 0.3) is 0 Å². The topological polar surface area (TPSA) is 37.3 Å². The van der Waals surface area contributed by atoms with Crippen LogP contribution in [0, 0.1) is 11.8 Å². The molecule has 0 spiro atoms. The van der Waals surface area contributed by atoms with E-state index in [2.05, 4.69) is 6.92 Å². The van der Waals surface area contributed by atoms with Gasteiger partial charge in [0.05, 0.1) is 0 Å². The van der Waals surface area contributed by atoms with Gasteiger partial charge < -0.3 is 5.11 Å². The minimum Gasteiger partial charge on any atom is -0.481 e. The standard InChI is InChI=1S/C10H18O2.C2H6/c1-8-2-4-9(5-3-8)6-7-10(11)12;1-2/h8-9H,2-7H2,1H3,(H,11,12);1-2H3. The SMILES string of the molecule is CC.CC1CCC(CCC(=O)O)CC1. The van der Waals surface area contributed by atoms with E-state index in [1.165, 1.54) is 25.7 Å². The lowest BCUT2D eigenvalue weighted by molar-refractivity contribution is -0.137. The molecule has 2 nitrogen and oxygen atoms in total. The summed E-state index contributed by atoms with van der Waals surface area (Å²) >= 11 is 0. The van der Waals surface area contributed by atoms with Gasteiger partial charge in [0, 0.05) is 6.42 Å². The van der Waals surface area contributed by atoms with Crippen LogP contribution in [-0.2, 0) is 4.79 Å². The lowest BCUT2D eigenvalue weighted by Gasteiger charge is -2.25. The van der Waals surface area contributed by atoms with Crippen LogP contribution >= 0.6 is 0 Å². The number of aliphatic carboxylic acids is 1. The van der Waals surface area contributed by atoms with Crippen molar-refractivity contribution in [3.05, 3.63) is 0 Å². The first-order valence-corrected chi connectivity index (χ1v) is 5.90. The number of carboxylic acid groups (broad SMARTS) is 1. The molecule has 0 aromatic heterocycles. The Morgan fingerprint density at radius 3 is 2.14 bits per heavy atom. The van der Waals surface area contributed by atoms with E-state index >= 15 is 0 Å². The normalized spacial score (nSPS) is 26.2. The molecule has 0 heterocycles. The highest BCUT2D eigenvalue weighted by Crippen LogP contribution is 2.30. The first-order chi connectivity index (χ1) is 6.68. The zero-order valence-electron chi connectivity index (χ0n) is 9.75. The molecular formula is C12H24O2. The highest BCUT2D eigenvalue weighted by molar-refractivity contribution is 5.66. The van der Waals surface area contributed by atoms with E-state index in [-0.39, 0.29) is 0 Å². The molecule has 1 aliphatic carbocycles. The molecule has 0 aromatic carbocycles. The van der Waals surface area contributed by atoms with Crippen LogP contribution < -0.4 is 0 Å². The van der Waals surface area contributed by atoms with Gasteiger partial charge in [-0.25, -0.2) is 0 Å². The van der Waals surface area contributed by atoms with Crippen LogP contribution in [0.5, 0.6) is 0 Å². The molecule has 1 rings (SSSR count). The van der Waals surface area contributed by atoms with Gasteiger partial charge in [0.1, 0.15) is 0 Å². The molecule has 1 saturated carbocycles. The van der Waals surface area contributed by atoms with E-state index in [1.807, 2.05) is 13.8 Å². The van der Waals surface area contributed by atoms with Gasteiger partial charge in [0.15, 0.2) is 0 Å². The molecule has 2 heteroatoms. The minimum absolute atomic E-state index is 0.360. The second-order valence-electron chi connectivity index (χ2n) is 4.06. The van der Waals surface area contributed by atoms with Crippen LogP contribution in [0.3, 0.4) is 0 Å². The lowest BCUT2D eigenvalue weighted by Crippen LogP contribution is -2.13. The van der Waals surface area contributed by atoms with E-state index in [9.17, 15) is 4.79 Å². The predicted octanol–water partition coefficient (Wildman–Crippen LogP) is 3.70. The van der Waals surface area contributed by atoms with Crippen molar-refractivity contribution in [1.29, 1.82) is 0 Å². The second kappa shape index (κ2) is 7.84. The van der Waals surface area contributed by atoms with Crippen molar-refractivity contribution in [1.82, 2.24) is 0 Å². The summed E-state index contributed by atoms with van der Waals surface area (Å²) in [5.41, 5.74) is 0. The number of hydrogen-bond acceptors (Lipinski definition) is 1. The van der Waals surface area contributed by atoms with E-state index in [0.717, 1.165) is 12.3 Å². The van der Waals surface area contributed by atoms with Gasteiger partial charge in [-0.15, -0.1) is 0 Å². The Labute approximate surface area is 87.7 Å². The van der Waals surface area contributed by atoms with E-state index in [4.69, 9.17) is 5.11 Å². The molecule has 0 bridgehead atoms. The maximum absolute atomic E-state index is 10.3. The summed E-state index contributed by atoms with van der Waals surface area (Å²) in [6.45, 7) is 6.29. The number of hydrogen-bond donors (Lipinski definition) is 1. The Bertz CT molecular complexity index is 146. The molecule has 84 valence electrons. The number of carboxylic acids is 1. The van der Waals surface area contributed by atoms with Crippen LogP contribution in [0.1, 0.15) is 59.3 Å². The Morgan fingerprint density at radius 2 is 1.71 bits per heavy atom. The summed E-state index contributed by atoms with van der Waals surface area (Å²) in [5, 5.41) is 8.50. The number of carbonyl (C=O) groups is 1. The van der Waals surface area contributed by atoms with E-state index in [1.54, 1.807) is 0 Å². The highest BCUT2D eigenvalue weighted by atomic mass is 16.4. The molecule has 0 aliphatic heterocycles. The lowest BCUT2D eigenvalue weighted by atomic mass is 9.81. The van der Waals surface area contributed by atoms with E-state index < -0.39 is 5.97 Å². The fourth-order valence-electron chi connectivity index (χ4n) is 1.95. The molecule has 1 N–H and O–H groups in total. The Balaban J connectivity index is 0.000000791. The number of rotatable bonds is 3. The monoisotopic (exact) mass is 200 g/mol. The van der Waals surface area contributed by atoms with Gasteiger partial charge in [-0.05, 0) is 18.3 Å². The Hall–Kier alpha value is -0.530. The van der Waals surface area contributed by atoms with Gasteiger partial charge in [-0.2, -0.15) is 0 Å². The minimum atomic E-state index is -0.645. The molecule has 1 aliphatic rings. The highest BCUT2D eigenvalue weighted by Gasteiger charge is 2.18. The molecule has 0 radical (unpaired) electrons. The molecule has 14 heavy (non-hydrogen) atoms. The summed E-state index contributed by atoms with van der Waals surface area (Å²) in [4.78, 5) is 10.3. The third-order valence-electron chi connectivity index (χ3n) is 2.90. The fraction of sp³-hybridized carbons (Fsp3) is 0.917. The predicted molar refractivity (Wildman–Crippen MR) is 59.3 cm³/mol. The summed E-state index contributed by atoms with van der Waals surface area (Å²) in [6, 6.07) is 0. The molecule has 0 unspecified atom stereocenters. The van der Waals surface area contributed by atoms with Gasteiger partial charge >= 0.3 is 5.97 Å². The van der Waals surface area contributed by atoms with Gasteiger partial charge in [0.25, 0.3) is 0 Å². The Morgan fingerprint density at radius 1 is 1.21 bits per heavy atom. The van der Waals surface area contributed by atoms with Crippen LogP contribution in [-0.4, -0.2) is 11.1 Å². The largest absolute Gasteiger partial charge is 0.481 e. The zero-order chi connectivity index (χ0) is 11.0. The van der Waals surface area contributed by atoms with Crippen molar-refractivity contribution in [2.45, 2.75) is 59.3 Å². The zero-order valence-corrected chi connectivity index (χ0v) is 9.75. The molecular weight excluding hydrogens is 176 g/mol. The van der Waals surface area contributed by atoms with Crippen molar-refractivity contribution in [2.75, 3.05) is 0 Å². The average Bonchev–Trinajstić information content (AvgIpc) is 2.20. The molecule has 0 aromatic rings. The summed E-state index contributed by atoms with van der Waals surface area (Å²) in [7, 11) is 0. The van der Waals surface area contributed by atoms with E-state index in [0.29, 0.717) is 12.3 Å². The first-order valence-electron chi connectivity index (χ1n) is 5.90. The smallest absolute Gasteiger partial charge is 0.303 e. The van der Waals surface area contributed by atoms with Gasteiger partial charge in [-0.1, -0.05) is 46.5 Å². The molecule has 0 amide bonds. The van der Waals surface area contributed by atoms with Crippen LogP contribution in [0.2, 0.25) is 0 Å². The molecule has 0 saturated heterocycles. The van der Waals surface area contributed by atoms with Crippen molar-refractivity contribution in [2.24, 2.45) is 11.8 Å². The quantitative estimate of drug-likeness (QED) is 0.754. The Kier molecular flexibility index (Phi) is 7.54. The molecule has 1 fully saturated rings. The summed E-state index contributed by atoms with van der Waals surface area (Å²) < 4.78 is 0. The first kappa shape index (κ1) is 13.5. The summed E-state index contributed by atoms with van der Waals surface area (Å²) in [6.07, 6.45) is 6.33. The third kappa shape index (κ3) is 6.01. The third-order valence-corrected chi connectivity index (χ3v) is 2.90. The fourth-order valence-corrected chi connectivity index (χ4v) is 1.95. The summed E-state index contributed by atoms with van der Waals surface area (Å²) in [5.74, 6) is 0.914. The van der Waals surface area contributed by atoms with Crippen molar-refractivity contribution in [3.8, 4) is 0 Å². The van der Waals surface area contributed by atoms with Gasteiger partial charge in [-0.3, -0.25) is 4.79 Å². The average molecular weight is 200 g/mol. The van der Waals surface area contributed by atoms with Crippen molar-refractivity contribution in [3.63, 3.8) is 0 Å². The second-order valence-corrected chi connectivity index (χ2v) is 4.06. The van der Waals surface area contributed by atoms with Crippen molar-refractivity contribution < 1.29 is 9.90 Å². The molecule has 0 atom stereocenters. The maximum atomic E-state index is 10.3.